The first-order valence-corrected chi connectivity index (χ1v) is 15.6. The van der Waals surface area contributed by atoms with E-state index in [2.05, 4.69) is 15.2 Å². The summed E-state index contributed by atoms with van der Waals surface area (Å²) in [6.45, 7) is 3.94. The molecule has 0 spiro atoms. The van der Waals surface area contributed by atoms with Gasteiger partial charge in [-0.25, -0.2) is 14.6 Å². The number of amides is 6. The van der Waals surface area contributed by atoms with Crippen LogP contribution >= 0.6 is 0 Å². The Balaban J connectivity index is 1.09. The Morgan fingerprint density at radius 3 is 2.28 bits per heavy atom. The number of nitrogens with one attached hydrogen (secondary N) is 1. The molecular weight excluding hydrogens is 588 g/mol. The minimum Gasteiger partial charge on any atom is -0.439 e. The number of likely N-dealkylation sites (tertiary alicyclic amines) is 1. The number of primary amides is 1. The molecule has 3 N–H and O–H groups in total. The zero-order chi connectivity index (χ0) is 32.4. The van der Waals surface area contributed by atoms with E-state index in [1.165, 1.54) is 0 Å². The number of carbonyl (C=O) groups is 4. The second kappa shape index (κ2) is 12.9. The smallest absolute Gasteiger partial charge is 0.439 e. The highest BCUT2D eigenvalue weighted by molar-refractivity contribution is 5.95. The van der Waals surface area contributed by atoms with Crippen molar-refractivity contribution in [3.8, 4) is 11.6 Å². The number of quaternary nitrogens is 1. The SMILES string of the molecule is COC(=O)[N+]1(C(N)=O)CC(c2ccccc2)N(C2CCN(Cc3ccc(Oc4ccc(C(=O)NC5CC5)cc4)nc3C)CC2)C1=O. The highest BCUT2D eigenvalue weighted by Crippen LogP contribution is 2.39. The van der Waals surface area contributed by atoms with E-state index in [4.69, 9.17) is 15.2 Å². The second-order valence-corrected chi connectivity index (χ2v) is 12.2. The predicted molar refractivity (Wildman–Crippen MR) is 168 cm³/mol. The number of rotatable bonds is 8. The van der Waals surface area contributed by atoms with E-state index in [9.17, 15) is 19.2 Å². The molecular formula is C34H39N6O6+. The van der Waals surface area contributed by atoms with Crippen LogP contribution in [0.1, 0.15) is 58.9 Å². The van der Waals surface area contributed by atoms with Crippen molar-refractivity contribution in [2.75, 3.05) is 26.7 Å². The van der Waals surface area contributed by atoms with Gasteiger partial charge in [-0.1, -0.05) is 40.9 Å². The quantitative estimate of drug-likeness (QED) is 0.337. The molecule has 1 saturated carbocycles. The van der Waals surface area contributed by atoms with Gasteiger partial charge in [0, 0.05) is 49.0 Å². The van der Waals surface area contributed by atoms with Crippen LogP contribution in [0.25, 0.3) is 0 Å². The lowest BCUT2D eigenvalue weighted by atomic mass is 9.98. The van der Waals surface area contributed by atoms with Gasteiger partial charge in [0.15, 0.2) is 0 Å². The number of carbonyl (C=O) groups excluding carboxylic acids is 4. The highest BCUT2D eigenvalue weighted by Gasteiger charge is 2.64. The molecule has 6 rings (SSSR count). The van der Waals surface area contributed by atoms with Gasteiger partial charge in [-0.05, 0) is 68.0 Å². The molecule has 12 heteroatoms. The van der Waals surface area contributed by atoms with Crippen molar-refractivity contribution in [3.63, 3.8) is 0 Å². The standard InChI is InChI=1S/C34H38N6O6/c1-22-25(10-15-30(36-22)46-28-13-8-24(9-14-28)31(41)37-26-11-12-26)20-38-18-16-27(17-19-38)39-29(23-6-4-3-5-7-23)21-40(32(35)42,33(39)43)34(44)45-2/h3-10,13-15,26-27,29H,11-12,16-21H2,1-2H3,(H2-,35,37,41,42)/p+1. The summed E-state index contributed by atoms with van der Waals surface area (Å²) in [5.74, 6) is 0.996. The minimum absolute atomic E-state index is 0.0708. The van der Waals surface area contributed by atoms with Crippen LogP contribution in [0.15, 0.2) is 66.7 Å². The number of urea groups is 2. The van der Waals surface area contributed by atoms with Crippen LogP contribution in [0.5, 0.6) is 11.6 Å². The van der Waals surface area contributed by atoms with Crippen LogP contribution in [0.4, 0.5) is 14.4 Å². The Bertz CT molecular complexity index is 1620. The highest BCUT2D eigenvalue weighted by atomic mass is 16.6. The molecule has 3 heterocycles. The normalized spacial score (nSPS) is 22.0. The number of nitrogens with two attached hydrogens (primary N) is 1. The summed E-state index contributed by atoms with van der Waals surface area (Å²) in [4.78, 5) is 60.2. The fourth-order valence-corrected chi connectivity index (χ4v) is 6.37. The maximum Gasteiger partial charge on any atom is 0.534 e. The van der Waals surface area contributed by atoms with Gasteiger partial charge in [0.05, 0.1) is 7.11 Å². The zero-order valence-electron chi connectivity index (χ0n) is 26.1. The van der Waals surface area contributed by atoms with Crippen LogP contribution in [0, 0.1) is 6.92 Å². The third-order valence-corrected chi connectivity index (χ3v) is 9.14. The summed E-state index contributed by atoms with van der Waals surface area (Å²) < 4.78 is 9.67. The van der Waals surface area contributed by atoms with Crippen LogP contribution in [0.3, 0.4) is 0 Å². The summed E-state index contributed by atoms with van der Waals surface area (Å²) >= 11 is 0. The molecule has 1 aliphatic carbocycles. The molecule has 0 radical (unpaired) electrons. The fourth-order valence-electron chi connectivity index (χ4n) is 6.37. The molecule has 1 aromatic heterocycles. The maximum atomic E-state index is 13.9. The van der Waals surface area contributed by atoms with Crippen molar-refractivity contribution in [3.05, 3.63) is 89.1 Å². The number of benzene rings is 2. The van der Waals surface area contributed by atoms with E-state index in [-0.39, 0.29) is 18.5 Å². The van der Waals surface area contributed by atoms with Gasteiger partial charge in [0.1, 0.15) is 18.3 Å². The molecule has 12 nitrogen and oxygen atoms in total. The molecule has 2 atom stereocenters. The number of aryl methyl sites for hydroxylation is 1. The molecule has 6 amide bonds. The molecule has 46 heavy (non-hydrogen) atoms. The van der Waals surface area contributed by atoms with Crippen LogP contribution in [0.2, 0.25) is 0 Å². The Morgan fingerprint density at radius 1 is 0.978 bits per heavy atom. The van der Waals surface area contributed by atoms with Crippen LogP contribution in [-0.4, -0.2) is 82.2 Å². The third-order valence-electron chi connectivity index (χ3n) is 9.14. The van der Waals surface area contributed by atoms with Crippen molar-refractivity contribution in [2.45, 2.75) is 57.3 Å². The van der Waals surface area contributed by atoms with Crippen molar-refractivity contribution in [2.24, 2.45) is 5.73 Å². The third kappa shape index (κ3) is 6.18. The predicted octanol–water partition coefficient (Wildman–Crippen LogP) is 4.88. The molecule has 2 saturated heterocycles. The minimum atomic E-state index is -1.19. The molecule has 2 aromatic carbocycles. The van der Waals surface area contributed by atoms with Crippen LogP contribution < -0.4 is 15.8 Å². The Kier molecular flexibility index (Phi) is 8.74. The van der Waals surface area contributed by atoms with E-state index in [0.29, 0.717) is 55.7 Å². The van der Waals surface area contributed by atoms with E-state index in [0.717, 1.165) is 36.8 Å². The van der Waals surface area contributed by atoms with Crippen molar-refractivity contribution < 1.29 is 33.1 Å². The Morgan fingerprint density at radius 2 is 1.67 bits per heavy atom. The van der Waals surface area contributed by atoms with E-state index >= 15 is 0 Å². The number of methoxy groups -OCH3 is 1. The number of piperidine rings is 1. The lowest BCUT2D eigenvalue weighted by Gasteiger charge is -2.37. The monoisotopic (exact) mass is 627 g/mol. The molecule has 3 aliphatic rings. The topological polar surface area (TPSA) is 144 Å². The first-order valence-electron chi connectivity index (χ1n) is 15.6. The number of nitrogens with zero attached hydrogens (tertiary/aromatic N) is 4. The van der Waals surface area contributed by atoms with E-state index < -0.39 is 28.7 Å². The maximum absolute atomic E-state index is 13.9. The van der Waals surface area contributed by atoms with Crippen molar-refractivity contribution in [1.82, 2.24) is 20.1 Å². The average Bonchev–Trinajstić information content (AvgIpc) is 3.83. The summed E-state index contributed by atoms with van der Waals surface area (Å²) in [6, 6.07) is 18.2. The van der Waals surface area contributed by atoms with Crippen molar-refractivity contribution in [1.29, 1.82) is 0 Å². The number of pyridine rings is 1. The van der Waals surface area contributed by atoms with Gasteiger partial charge in [-0.15, -0.1) is 0 Å². The number of hydrogen-bond acceptors (Lipinski definition) is 8. The lowest BCUT2D eigenvalue weighted by Crippen LogP contribution is -2.62. The molecule has 0 bridgehead atoms. The fraction of sp³-hybridized carbons (Fsp3) is 0.382. The number of imide groups is 3. The van der Waals surface area contributed by atoms with Gasteiger partial charge in [-0.3, -0.25) is 14.6 Å². The van der Waals surface area contributed by atoms with E-state index in [1.54, 1.807) is 29.2 Å². The lowest BCUT2D eigenvalue weighted by molar-refractivity contribution is -0.681. The van der Waals surface area contributed by atoms with Crippen LogP contribution in [-0.2, 0) is 11.3 Å². The summed E-state index contributed by atoms with van der Waals surface area (Å²) in [6.07, 6.45) is 2.44. The summed E-state index contributed by atoms with van der Waals surface area (Å²) in [7, 11) is 1.15. The first-order chi connectivity index (χ1) is 22.2. The average molecular weight is 628 g/mol. The largest absolute Gasteiger partial charge is 0.534 e. The molecule has 3 fully saturated rings. The van der Waals surface area contributed by atoms with Gasteiger partial charge in [-0.2, -0.15) is 4.79 Å². The van der Waals surface area contributed by atoms with E-state index in [1.807, 2.05) is 49.4 Å². The number of ether oxygens (including phenoxy) is 2. The number of aromatic nitrogens is 1. The van der Waals surface area contributed by atoms with Gasteiger partial charge in [0.25, 0.3) is 5.91 Å². The van der Waals surface area contributed by atoms with Gasteiger partial charge in [0.2, 0.25) is 5.88 Å². The molecule has 2 unspecified atom stereocenters. The number of hydrogen-bond donors (Lipinski definition) is 2. The summed E-state index contributed by atoms with van der Waals surface area (Å²) in [5.41, 5.74) is 9.03. The molecule has 240 valence electrons. The molecule has 3 aromatic rings. The zero-order valence-corrected chi connectivity index (χ0v) is 26.1. The van der Waals surface area contributed by atoms with Gasteiger partial charge < -0.3 is 20.5 Å². The molecule has 2 aliphatic heterocycles. The van der Waals surface area contributed by atoms with Crippen molar-refractivity contribution >= 4 is 24.1 Å². The first kappa shape index (κ1) is 31.2. The summed E-state index contributed by atoms with van der Waals surface area (Å²) in [5, 5.41) is 2.98. The second-order valence-electron chi connectivity index (χ2n) is 12.2. The Labute approximate surface area is 267 Å². The van der Waals surface area contributed by atoms with Gasteiger partial charge >= 0.3 is 18.2 Å². The Hall–Kier alpha value is -4.81.